The monoisotopic (exact) mass is 407 g/mol. The summed E-state index contributed by atoms with van der Waals surface area (Å²) in [5.74, 6) is -1.50. The molecule has 1 aromatic heterocycles. The Morgan fingerprint density at radius 1 is 1.15 bits per heavy atom. The topological polar surface area (TPSA) is 72.5 Å². The number of halogens is 1. The molecule has 8 heteroatoms. The van der Waals surface area contributed by atoms with Gasteiger partial charge in [0.1, 0.15) is 15.6 Å². The van der Waals surface area contributed by atoms with Crippen LogP contribution in [0.15, 0.2) is 47.4 Å². The Hall–Kier alpha value is -2.45. The van der Waals surface area contributed by atoms with E-state index >= 15 is 0 Å². The molecule has 0 radical (unpaired) electrons. The number of nitrogens with one attached hydrogen (secondary N) is 1. The largest absolute Gasteiger partial charge is 0.462 e. The number of rotatable bonds is 6. The Balaban J connectivity index is 2.14. The van der Waals surface area contributed by atoms with Gasteiger partial charge in [0.15, 0.2) is 0 Å². The lowest BCUT2D eigenvalue weighted by Gasteiger charge is -2.10. The van der Waals surface area contributed by atoms with Crippen molar-refractivity contribution >= 4 is 43.1 Å². The van der Waals surface area contributed by atoms with E-state index in [1.54, 1.807) is 37.3 Å². The molecule has 27 heavy (non-hydrogen) atoms. The summed E-state index contributed by atoms with van der Waals surface area (Å²) in [5, 5.41) is -0.108. The molecular weight excluding hydrogens is 389 g/mol. The van der Waals surface area contributed by atoms with E-state index in [2.05, 4.69) is 4.72 Å². The second-order valence-electron chi connectivity index (χ2n) is 5.75. The van der Waals surface area contributed by atoms with Crippen LogP contribution in [0.3, 0.4) is 0 Å². The summed E-state index contributed by atoms with van der Waals surface area (Å²) in [6, 6.07) is 11.1. The number of benzene rings is 2. The van der Waals surface area contributed by atoms with Gasteiger partial charge in [-0.1, -0.05) is 25.1 Å². The lowest BCUT2D eigenvalue weighted by molar-refractivity contribution is 0.0528. The van der Waals surface area contributed by atoms with Crippen molar-refractivity contribution < 1.29 is 22.3 Å². The van der Waals surface area contributed by atoms with Gasteiger partial charge in [0.25, 0.3) is 10.0 Å². The van der Waals surface area contributed by atoms with Crippen LogP contribution in [-0.4, -0.2) is 21.0 Å². The molecule has 0 aliphatic carbocycles. The summed E-state index contributed by atoms with van der Waals surface area (Å²) in [6.45, 7) is 3.69. The number of esters is 1. The second-order valence-corrected chi connectivity index (χ2v) is 8.42. The zero-order chi connectivity index (χ0) is 19.6. The van der Waals surface area contributed by atoms with E-state index in [0.717, 1.165) is 23.3 Å². The van der Waals surface area contributed by atoms with Crippen LogP contribution in [0, 0.1) is 5.82 Å². The standard InChI is InChI=1S/C19H18FNO4S2/c1-3-12-8-10-13(11-9-12)21-27(23,24)18-16-14(20)6-5-7-15(16)26-17(18)19(22)25-4-2/h5-11,21H,3-4H2,1-2H3. The number of fused-ring (bicyclic) bond motifs is 1. The lowest BCUT2D eigenvalue weighted by atomic mass is 10.2. The first-order valence-electron chi connectivity index (χ1n) is 8.37. The van der Waals surface area contributed by atoms with Gasteiger partial charge in [-0.3, -0.25) is 4.72 Å². The first-order chi connectivity index (χ1) is 12.9. The first-order valence-corrected chi connectivity index (χ1v) is 10.7. The van der Waals surface area contributed by atoms with Crippen molar-refractivity contribution in [2.45, 2.75) is 25.2 Å². The van der Waals surface area contributed by atoms with E-state index in [1.807, 2.05) is 6.92 Å². The fraction of sp³-hybridized carbons (Fsp3) is 0.211. The minimum Gasteiger partial charge on any atom is -0.462 e. The number of carbonyl (C=O) groups excluding carboxylic acids is 1. The van der Waals surface area contributed by atoms with E-state index in [9.17, 15) is 17.6 Å². The summed E-state index contributed by atoms with van der Waals surface area (Å²) in [7, 11) is -4.21. The maximum atomic E-state index is 14.4. The van der Waals surface area contributed by atoms with Gasteiger partial charge in [-0.05, 0) is 43.2 Å². The first kappa shape index (κ1) is 19.3. The van der Waals surface area contributed by atoms with Gasteiger partial charge in [0.05, 0.1) is 6.61 Å². The highest BCUT2D eigenvalue weighted by Gasteiger charge is 2.31. The van der Waals surface area contributed by atoms with Gasteiger partial charge in [-0.2, -0.15) is 0 Å². The summed E-state index contributed by atoms with van der Waals surface area (Å²) < 4.78 is 48.3. The van der Waals surface area contributed by atoms with Crippen LogP contribution in [0.2, 0.25) is 0 Å². The maximum Gasteiger partial charge on any atom is 0.349 e. The molecule has 0 amide bonds. The molecule has 0 saturated heterocycles. The Labute approximate surface area is 160 Å². The van der Waals surface area contributed by atoms with Gasteiger partial charge < -0.3 is 4.74 Å². The van der Waals surface area contributed by atoms with Gasteiger partial charge >= 0.3 is 5.97 Å². The Kier molecular flexibility index (Phi) is 5.48. The van der Waals surface area contributed by atoms with Crippen LogP contribution in [0.1, 0.15) is 29.1 Å². The third-order valence-corrected chi connectivity index (χ3v) is 6.68. The number of sulfonamides is 1. The number of hydrogen-bond acceptors (Lipinski definition) is 5. The quantitative estimate of drug-likeness (QED) is 0.607. The number of carbonyl (C=O) groups is 1. The zero-order valence-electron chi connectivity index (χ0n) is 14.8. The summed E-state index contributed by atoms with van der Waals surface area (Å²) >= 11 is 0.896. The molecule has 0 aliphatic heterocycles. The van der Waals surface area contributed by atoms with E-state index in [0.29, 0.717) is 10.4 Å². The third kappa shape index (κ3) is 3.81. The molecule has 0 atom stereocenters. The fourth-order valence-electron chi connectivity index (χ4n) is 2.68. The molecule has 1 N–H and O–H groups in total. The Morgan fingerprint density at radius 2 is 1.85 bits per heavy atom. The molecule has 5 nitrogen and oxygen atoms in total. The highest BCUT2D eigenvalue weighted by atomic mass is 32.2. The van der Waals surface area contributed by atoms with Gasteiger partial charge in [-0.15, -0.1) is 11.3 Å². The average Bonchev–Trinajstić information content (AvgIpc) is 3.04. The number of hydrogen-bond donors (Lipinski definition) is 1. The second kappa shape index (κ2) is 7.66. The van der Waals surface area contributed by atoms with Crippen LogP contribution in [-0.2, 0) is 21.2 Å². The molecule has 0 unspecified atom stereocenters. The highest BCUT2D eigenvalue weighted by Crippen LogP contribution is 2.37. The van der Waals surface area contributed by atoms with E-state index in [1.165, 1.54) is 12.1 Å². The minimum atomic E-state index is -4.21. The van der Waals surface area contributed by atoms with Crippen molar-refractivity contribution in [2.24, 2.45) is 0 Å². The predicted molar refractivity (Wildman–Crippen MR) is 104 cm³/mol. The molecule has 2 aromatic carbocycles. The molecule has 0 fully saturated rings. The van der Waals surface area contributed by atoms with Crippen molar-refractivity contribution in [3.05, 3.63) is 58.7 Å². The number of ether oxygens (including phenoxy) is 1. The molecule has 0 aliphatic rings. The molecule has 3 rings (SSSR count). The van der Waals surface area contributed by atoms with Crippen LogP contribution >= 0.6 is 11.3 Å². The van der Waals surface area contributed by atoms with E-state index in [-0.39, 0.29) is 16.9 Å². The SMILES string of the molecule is CCOC(=O)c1sc2cccc(F)c2c1S(=O)(=O)Nc1ccc(CC)cc1. The number of anilines is 1. The summed E-state index contributed by atoms with van der Waals surface area (Å²) in [6.07, 6.45) is 0.820. The van der Waals surface area contributed by atoms with Crippen molar-refractivity contribution in [3.63, 3.8) is 0 Å². The van der Waals surface area contributed by atoms with Gasteiger partial charge in [-0.25, -0.2) is 17.6 Å². The number of thiophene rings is 1. The van der Waals surface area contributed by atoms with Gasteiger partial charge in [0.2, 0.25) is 0 Å². The highest BCUT2D eigenvalue weighted by molar-refractivity contribution is 7.93. The minimum absolute atomic E-state index is 0.0843. The summed E-state index contributed by atoms with van der Waals surface area (Å²) in [5.41, 5.74) is 1.38. The van der Waals surface area contributed by atoms with Crippen molar-refractivity contribution in [2.75, 3.05) is 11.3 Å². The Morgan fingerprint density at radius 3 is 2.48 bits per heavy atom. The fourth-order valence-corrected chi connectivity index (χ4v) is 5.56. The number of aryl methyl sites for hydroxylation is 1. The van der Waals surface area contributed by atoms with Crippen LogP contribution in [0.25, 0.3) is 10.1 Å². The molecule has 0 spiro atoms. The van der Waals surface area contributed by atoms with Crippen LogP contribution < -0.4 is 4.72 Å². The maximum absolute atomic E-state index is 14.4. The summed E-state index contributed by atoms with van der Waals surface area (Å²) in [4.78, 5) is 11.8. The Bertz CT molecular complexity index is 1090. The normalized spacial score (nSPS) is 11.5. The van der Waals surface area contributed by atoms with Gasteiger partial charge in [0, 0.05) is 15.8 Å². The third-order valence-electron chi connectivity index (χ3n) is 3.96. The molecule has 0 bridgehead atoms. The molecule has 0 saturated carbocycles. The average molecular weight is 407 g/mol. The molecular formula is C19H18FNO4S2. The lowest BCUT2D eigenvalue weighted by Crippen LogP contribution is -2.17. The molecule has 142 valence electrons. The van der Waals surface area contributed by atoms with E-state index in [4.69, 9.17) is 4.74 Å². The molecule has 3 aromatic rings. The molecule has 1 heterocycles. The zero-order valence-corrected chi connectivity index (χ0v) is 16.4. The van der Waals surface area contributed by atoms with Crippen LogP contribution in [0.4, 0.5) is 10.1 Å². The van der Waals surface area contributed by atoms with E-state index < -0.39 is 26.7 Å². The van der Waals surface area contributed by atoms with Crippen molar-refractivity contribution in [3.8, 4) is 0 Å². The van der Waals surface area contributed by atoms with Crippen molar-refractivity contribution in [1.82, 2.24) is 0 Å². The smallest absolute Gasteiger partial charge is 0.349 e. The predicted octanol–water partition coefficient (Wildman–Crippen LogP) is 4.58. The van der Waals surface area contributed by atoms with Crippen LogP contribution in [0.5, 0.6) is 0 Å². The van der Waals surface area contributed by atoms with Crippen molar-refractivity contribution in [1.29, 1.82) is 0 Å².